The van der Waals surface area contributed by atoms with Crippen LogP contribution >= 0.6 is 0 Å². The van der Waals surface area contributed by atoms with Gasteiger partial charge in [0, 0.05) is 18.2 Å². The van der Waals surface area contributed by atoms with Crippen molar-refractivity contribution in [1.82, 2.24) is 5.32 Å². The SMILES string of the molecule is CCNC(c1ccc(OC)cc1OC)C(OCC)C1CC1. The third kappa shape index (κ3) is 3.89. The fourth-order valence-corrected chi connectivity index (χ4v) is 2.82. The summed E-state index contributed by atoms with van der Waals surface area (Å²) < 4.78 is 16.9. The predicted molar refractivity (Wildman–Crippen MR) is 84.1 cm³/mol. The molecular formula is C17H27NO3. The van der Waals surface area contributed by atoms with Crippen LogP contribution in [0.1, 0.15) is 38.3 Å². The van der Waals surface area contributed by atoms with E-state index in [1.807, 2.05) is 12.1 Å². The third-order valence-corrected chi connectivity index (χ3v) is 3.97. The zero-order valence-electron chi connectivity index (χ0n) is 13.5. The summed E-state index contributed by atoms with van der Waals surface area (Å²) in [6.45, 7) is 5.82. The summed E-state index contributed by atoms with van der Waals surface area (Å²) in [6, 6.07) is 6.16. The zero-order chi connectivity index (χ0) is 15.2. The van der Waals surface area contributed by atoms with Gasteiger partial charge in [-0.3, -0.25) is 0 Å². The maximum atomic E-state index is 6.04. The Morgan fingerprint density at radius 3 is 2.48 bits per heavy atom. The minimum atomic E-state index is 0.156. The average Bonchev–Trinajstić information content (AvgIpc) is 3.35. The van der Waals surface area contributed by atoms with Crippen molar-refractivity contribution in [1.29, 1.82) is 0 Å². The van der Waals surface area contributed by atoms with Crippen LogP contribution in [0.25, 0.3) is 0 Å². The molecule has 1 N–H and O–H groups in total. The molecule has 2 unspecified atom stereocenters. The van der Waals surface area contributed by atoms with E-state index in [4.69, 9.17) is 14.2 Å². The standard InChI is InChI=1S/C17H27NO3/c1-5-18-16(17(21-6-2)12-7-8-12)14-10-9-13(19-3)11-15(14)20-4/h9-12,16-18H,5-8H2,1-4H3. The van der Waals surface area contributed by atoms with Crippen molar-refractivity contribution in [2.45, 2.75) is 38.8 Å². The highest BCUT2D eigenvalue weighted by atomic mass is 16.5. The van der Waals surface area contributed by atoms with Crippen molar-refractivity contribution >= 4 is 0 Å². The Morgan fingerprint density at radius 2 is 1.95 bits per heavy atom. The highest BCUT2D eigenvalue weighted by Crippen LogP contribution is 2.42. The van der Waals surface area contributed by atoms with Crippen LogP contribution in [-0.2, 0) is 4.74 Å². The molecule has 1 saturated carbocycles. The second-order valence-corrected chi connectivity index (χ2v) is 5.40. The van der Waals surface area contributed by atoms with Gasteiger partial charge in [0.1, 0.15) is 11.5 Å². The first-order valence-corrected chi connectivity index (χ1v) is 7.82. The van der Waals surface area contributed by atoms with Crippen molar-refractivity contribution in [3.05, 3.63) is 23.8 Å². The lowest BCUT2D eigenvalue weighted by Gasteiger charge is -2.29. The molecular weight excluding hydrogens is 266 g/mol. The largest absolute Gasteiger partial charge is 0.497 e. The molecule has 0 saturated heterocycles. The summed E-state index contributed by atoms with van der Waals surface area (Å²) in [5.74, 6) is 2.32. The summed E-state index contributed by atoms with van der Waals surface area (Å²) in [4.78, 5) is 0. The first kappa shape index (κ1) is 16.1. The van der Waals surface area contributed by atoms with Crippen LogP contribution in [-0.4, -0.2) is 33.5 Å². The van der Waals surface area contributed by atoms with Gasteiger partial charge < -0.3 is 19.5 Å². The smallest absolute Gasteiger partial charge is 0.127 e. The van der Waals surface area contributed by atoms with Crippen LogP contribution < -0.4 is 14.8 Å². The van der Waals surface area contributed by atoms with Gasteiger partial charge in [-0.05, 0) is 44.4 Å². The lowest BCUT2D eigenvalue weighted by atomic mass is 9.96. The van der Waals surface area contributed by atoms with E-state index < -0.39 is 0 Å². The van der Waals surface area contributed by atoms with Crippen LogP contribution in [0, 0.1) is 5.92 Å². The number of ether oxygens (including phenoxy) is 3. The molecule has 4 nitrogen and oxygen atoms in total. The van der Waals surface area contributed by atoms with Gasteiger partial charge in [-0.2, -0.15) is 0 Å². The van der Waals surface area contributed by atoms with Crippen molar-refractivity contribution < 1.29 is 14.2 Å². The van der Waals surface area contributed by atoms with Gasteiger partial charge in [-0.15, -0.1) is 0 Å². The van der Waals surface area contributed by atoms with E-state index in [1.165, 1.54) is 12.8 Å². The molecule has 0 heterocycles. The quantitative estimate of drug-likeness (QED) is 0.759. The van der Waals surface area contributed by atoms with Gasteiger partial charge in [0.25, 0.3) is 0 Å². The number of benzene rings is 1. The van der Waals surface area contributed by atoms with E-state index in [0.29, 0.717) is 5.92 Å². The summed E-state index contributed by atoms with van der Waals surface area (Å²) in [5.41, 5.74) is 1.14. The number of likely N-dealkylation sites (N-methyl/N-ethyl adjacent to an activating group) is 1. The zero-order valence-corrected chi connectivity index (χ0v) is 13.5. The molecule has 2 atom stereocenters. The molecule has 118 valence electrons. The predicted octanol–water partition coefficient (Wildman–Crippen LogP) is 3.17. The Kier molecular flexibility index (Phi) is 5.88. The van der Waals surface area contributed by atoms with Gasteiger partial charge in [-0.25, -0.2) is 0 Å². The molecule has 21 heavy (non-hydrogen) atoms. The van der Waals surface area contributed by atoms with Crippen molar-refractivity contribution in [2.75, 3.05) is 27.4 Å². The number of methoxy groups -OCH3 is 2. The van der Waals surface area contributed by atoms with E-state index >= 15 is 0 Å². The van der Waals surface area contributed by atoms with Gasteiger partial charge in [-0.1, -0.05) is 6.92 Å². The normalized spacial score (nSPS) is 17.3. The molecule has 0 amide bonds. The van der Waals surface area contributed by atoms with E-state index in [0.717, 1.165) is 30.2 Å². The first-order chi connectivity index (χ1) is 10.2. The molecule has 0 spiro atoms. The van der Waals surface area contributed by atoms with Crippen LogP contribution in [0.2, 0.25) is 0 Å². The Labute approximate surface area is 127 Å². The third-order valence-electron chi connectivity index (χ3n) is 3.97. The molecule has 0 bridgehead atoms. The molecule has 1 aliphatic carbocycles. The van der Waals surface area contributed by atoms with Crippen molar-refractivity contribution in [3.63, 3.8) is 0 Å². The average molecular weight is 293 g/mol. The van der Waals surface area contributed by atoms with E-state index in [9.17, 15) is 0 Å². The fourth-order valence-electron chi connectivity index (χ4n) is 2.82. The molecule has 1 aromatic rings. The summed E-state index contributed by atoms with van der Waals surface area (Å²) >= 11 is 0. The van der Waals surface area contributed by atoms with Crippen molar-refractivity contribution in [2.24, 2.45) is 5.92 Å². The maximum Gasteiger partial charge on any atom is 0.127 e. The first-order valence-electron chi connectivity index (χ1n) is 7.82. The molecule has 2 rings (SSSR count). The topological polar surface area (TPSA) is 39.7 Å². The number of nitrogens with one attached hydrogen (secondary N) is 1. The maximum absolute atomic E-state index is 6.04. The van der Waals surface area contributed by atoms with Crippen LogP contribution in [0.3, 0.4) is 0 Å². The minimum Gasteiger partial charge on any atom is -0.497 e. The Hall–Kier alpha value is -1.26. The van der Waals surface area contributed by atoms with Crippen molar-refractivity contribution in [3.8, 4) is 11.5 Å². The molecule has 0 aromatic heterocycles. The summed E-state index contributed by atoms with van der Waals surface area (Å²) in [5, 5.41) is 3.57. The number of hydrogen-bond acceptors (Lipinski definition) is 4. The number of rotatable bonds is 9. The molecule has 4 heteroatoms. The monoisotopic (exact) mass is 293 g/mol. The second-order valence-electron chi connectivity index (χ2n) is 5.40. The van der Waals surface area contributed by atoms with Gasteiger partial charge in [0.15, 0.2) is 0 Å². The lowest BCUT2D eigenvalue weighted by molar-refractivity contribution is 0.0184. The number of hydrogen-bond donors (Lipinski definition) is 1. The van der Waals surface area contributed by atoms with Gasteiger partial charge >= 0.3 is 0 Å². The Balaban J connectivity index is 2.31. The second kappa shape index (κ2) is 7.66. The van der Waals surface area contributed by atoms with E-state index in [1.54, 1.807) is 14.2 Å². The molecule has 1 fully saturated rings. The molecule has 0 radical (unpaired) electrons. The summed E-state index contributed by atoms with van der Waals surface area (Å²) in [6.07, 6.45) is 2.72. The van der Waals surface area contributed by atoms with Gasteiger partial charge in [0.2, 0.25) is 0 Å². The van der Waals surface area contributed by atoms with Crippen LogP contribution in [0.4, 0.5) is 0 Å². The Bertz CT molecular complexity index is 446. The fraction of sp³-hybridized carbons (Fsp3) is 0.647. The Morgan fingerprint density at radius 1 is 1.19 bits per heavy atom. The van der Waals surface area contributed by atoms with Crippen LogP contribution in [0.15, 0.2) is 18.2 Å². The molecule has 1 aromatic carbocycles. The van der Waals surface area contributed by atoms with Crippen LogP contribution in [0.5, 0.6) is 11.5 Å². The summed E-state index contributed by atoms with van der Waals surface area (Å²) in [7, 11) is 3.37. The molecule has 0 aliphatic heterocycles. The lowest BCUT2D eigenvalue weighted by Crippen LogP contribution is -2.35. The van der Waals surface area contributed by atoms with E-state index in [-0.39, 0.29) is 12.1 Å². The highest BCUT2D eigenvalue weighted by molar-refractivity contribution is 5.43. The van der Waals surface area contributed by atoms with E-state index in [2.05, 4.69) is 25.2 Å². The van der Waals surface area contributed by atoms with Gasteiger partial charge in [0.05, 0.1) is 26.4 Å². The minimum absolute atomic E-state index is 0.156. The highest BCUT2D eigenvalue weighted by Gasteiger charge is 2.38. The molecule has 1 aliphatic rings.